The first kappa shape index (κ1) is 21.7. The molecule has 2 heterocycles. The lowest BCUT2D eigenvalue weighted by Crippen LogP contribution is -2.51. The van der Waals surface area contributed by atoms with Gasteiger partial charge in [0.1, 0.15) is 5.75 Å². The van der Waals surface area contributed by atoms with Crippen LogP contribution in [-0.2, 0) is 9.53 Å². The Morgan fingerprint density at radius 2 is 1.78 bits per heavy atom. The summed E-state index contributed by atoms with van der Waals surface area (Å²) in [5, 5.41) is 5.70. The Morgan fingerprint density at radius 1 is 1.03 bits per heavy atom. The van der Waals surface area contributed by atoms with Crippen molar-refractivity contribution in [3.05, 3.63) is 71.4 Å². The average molecular weight is 437 g/mol. The van der Waals surface area contributed by atoms with Gasteiger partial charge in [-0.05, 0) is 29.8 Å². The fraction of sp³-hybridized carbons (Fsp3) is 0.333. The Hall–Kier alpha value is -3.52. The van der Waals surface area contributed by atoms with Crippen molar-refractivity contribution >= 4 is 17.7 Å². The molecule has 0 aliphatic carbocycles. The number of benzene rings is 2. The molecule has 2 aliphatic heterocycles. The molecule has 2 aromatic rings. The molecule has 168 valence electrons. The lowest BCUT2D eigenvalue weighted by Gasteiger charge is -2.38. The normalized spacial score (nSPS) is 19.2. The molecule has 2 aliphatic rings. The van der Waals surface area contributed by atoms with Crippen molar-refractivity contribution < 1.29 is 19.1 Å². The van der Waals surface area contributed by atoms with Crippen LogP contribution in [0.25, 0.3) is 0 Å². The number of para-hydroxylation sites is 1. The molecule has 1 saturated heterocycles. The van der Waals surface area contributed by atoms with Crippen LogP contribution < -0.4 is 20.3 Å². The number of urea groups is 1. The van der Waals surface area contributed by atoms with Crippen molar-refractivity contribution in [1.82, 2.24) is 15.5 Å². The van der Waals surface area contributed by atoms with Crippen LogP contribution in [0.2, 0.25) is 0 Å². The van der Waals surface area contributed by atoms with Crippen LogP contribution in [-0.4, -0.2) is 63.8 Å². The number of carbonyl (C=O) groups is 2. The number of hydrogen-bond acceptors (Lipinski definition) is 6. The predicted octanol–water partition coefficient (Wildman–Crippen LogP) is 2.30. The average Bonchev–Trinajstić information content (AvgIpc) is 2.84. The summed E-state index contributed by atoms with van der Waals surface area (Å²) in [7, 11) is 2.93. The van der Waals surface area contributed by atoms with E-state index in [4.69, 9.17) is 9.47 Å². The molecule has 2 N–H and O–H groups in total. The van der Waals surface area contributed by atoms with Crippen molar-refractivity contribution in [1.29, 1.82) is 0 Å². The van der Waals surface area contributed by atoms with E-state index in [0.717, 1.165) is 31.7 Å². The zero-order valence-electron chi connectivity index (χ0n) is 18.3. The largest absolute Gasteiger partial charge is 0.497 e. The van der Waals surface area contributed by atoms with Crippen molar-refractivity contribution in [2.75, 3.05) is 51.8 Å². The van der Waals surface area contributed by atoms with Gasteiger partial charge in [-0.25, -0.2) is 9.59 Å². The van der Waals surface area contributed by atoms with E-state index in [2.05, 4.69) is 32.6 Å². The summed E-state index contributed by atoms with van der Waals surface area (Å²) < 4.78 is 10.4. The van der Waals surface area contributed by atoms with Gasteiger partial charge in [-0.15, -0.1) is 0 Å². The van der Waals surface area contributed by atoms with Crippen LogP contribution in [0.3, 0.4) is 0 Å². The van der Waals surface area contributed by atoms with Gasteiger partial charge in [0.2, 0.25) is 0 Å². The van der Waals surface area contributed by atoms with Gasteiger partial charge in [-0.2, -0.15) is 0 Å². The van der Waals surface area contributed by atoms with Crippen molar-refractivity contribution in [3.63, 3.8) is 0 Å². The topological polar surface area (TPSA) is 83.1 Å². The molecule has 2 aromatic carbocycles. The summed E-state index contributed by atoms with van der Waals surface area (Å²) in [6, 6.07) is 16.7. The van der Waals surface area contributed by atoms with Gasteiger partial charge in [0.15, 0.2) is 0 Å². The molecule has 0 radical (unpaired) electrons. The van der Waals surface area contributed by atoms with Crippen LogP contribution in [0.15, 0.2) is 65.9 Å². The lowest BCUT2D eigenvalue weighted by molar-refractivity contribution is -0.136. The Balaban J connectivity index is 1.56. The fourth-order valence-electron chi connectivity index (χ4n) is 4.19. The number of rotatable bonds is 6. The second-order valence-corrected chi connectivity index (χ2v) is 7.79. The monoisotopic (exact) mass is 436 g/mol. The van der Waals surface area contributed by atoms with E-state index < -0.39 is 12.0 Å². The number of nitrogens with one attached hydrogen (secondary N) is 2. The van der Waals surface area contributed by atoms with Crippen molar-refractivity contribution in [2.24, 2.45) is 0 Å². The molecule has 8 heteroatoms. The zero-order valence-corrected chi connectivity index (χ0v) is 18.3. The Bertz CT molecular complexity index is 1000. The minimum Gasteiger partial charge on any atom is -0.497 e. The lowest BCUT2D eigenvalue weighted by atomic mass is 9.94. The maximum atomic E-state index is 12.8. The van der Waals surface area contributed by atoms with E-state index in [1.807, 2.05) is 42.5 Å². The number of methoxy groups -OCH3 is 2. The molecule has 1 atom stereocenters. The summed E-state index contributed by atoms with van der Waals surface area (Å²) in [5.74, 6) is 0.182. The highest BCUT2D eigenvalue weighted by atomic mass is 16.5. The number of anilines is 1. The SMILES string of the molecule is COC(=O)C1=C(CN2CCN(c3ccccc3)CC2)NC(=O)N[C@H]1c1cccc(OC)c1. The molecule has 32 heavy (non-hydrogen) atoms. The van der Waals surface area contributed by atoms with E-state index >= 15 is 0 Å². The third-order valence-electron chi connectivity index (χ3n) is 5.86. The highest BCUT2D eigenvalue weighted by molar-refractivity contribution is 5.95. The molecule has 8 nitrogen and oxygen atoms in total. The number of esters is 1. The number of carbonyl (C=O) groups excluding carboxylic acids is 2. The summed E-state index contributed by atoms with van der Waals surface area (Å²) in [6.45, 7) is 3.84. The third-order valence-corrected chi connectivity index (χ3v) is 5.86. The van der Waals surface area contributed by atoms with E-state index in [9.17, 15) is 9.59 Å². The smallest absolute Gasteiger partial charge is 0.338 e. The van der Waals surface area contributed by atoms with Gasteiger partial charge < -0.3 is 25.0 Å². The van der Waals surface area contributed by atoms with Crippen LogP contribution in [0.1, 0.15) is 11.6 Å². The molecule has 1 fully saturated rings. The van der Waals surface area contributed by atoms with Crippen molar-refractivity contribution in [3.8, 4) is 5.75 Å². The number of hydrogen-bond donors (Lipinski definition) is 2. The van der Waals surface area contributed by atoms with Gasteiger partial charge in [0.05, 0.1) is 25.8 Å². The Kier molecular flexibility index (Phi) is 6.61. The fourth-order valence-corrected chi connectivity index (χ4v) is 4.19. The number of amides is 2. The molecule has 0 aromatic heterocycles. The molecule has 0 spiro atoms. The first-order valence-corrected chi connectivity index (χ1v) is 10.6. The highest BCUT2D eigenvalue weighted by Gasteiger charge is 2.34. The standard InChI is InChI=1S/C24H28N4O4/c1-31-19-10-6-7-17(15-19)22-21(23(29)32-2)20(25-24(30)26-22)16-27-11-13-28(14-12-27)18-8-4-3-5-9-18/h3-10,15,22H,11-14,16H2,1-2H3,(H2,25,26,30)/t22-/m0/s1. The molecule has 0 bridgehead atoms. The summed E-state index contributed by atoms with van der Waals surface area (Å²) in [4.78, 5) is 29.8. The molecule has 0 saturated carbocycles. The van der Waals surface area contributed by atoms with Crippen LogP contribution in [0, 0.1) is 0 Å². The van der Waals surface area contributed by atoms with E-state index in [0.29, 0.717) is 23.6 Å². The van der Waals surface area contributed by atoms with Gasteiger partial charge in [0, 0.05) is 44.1 Å². The molecule has 2 amide bonds. The van der Waals surface area contributed by atoms with E-state index in [1.54, 1.807) is 7.11 Å². The Morgan fingerprint density at radius 3 is 2.47 bits per heavy atom. The van der Waals surface area contributed by atoms with Crippen LogP contribution in [0.4, 0.5) is 10.5 Å². The van der Waals surface area contributed by atoms with Crippen molar-refractivity contribution in [2.45, 2.75) is 6.04 Å². The highest BCUT2D eigenvalue weighted by Crippen LogP contribution is 2.30. The molecule has 0 unspecified atom stereocenters. The first-order chi connectivity index (χ1) is 15.6. The molecular weight excluding hydrogens is 408 g/mol. The van der Waals surface area contributed by atoms with E-state index in [1.165, 1.54) is 12.8 Å². The van der Waals surface area contributed by atoms with Gasteiger partial charge >= 0.3 is 12.0 Å². The van der Waals surface area contributed by atoms with Gasteiger partial charge in [0.25, 0.3) is 0 Å². The minimum absolute atomic E-state index is 0.344. The second-order valence-electron chi connectivity index (χ2n) is 7.79. The number of piperazine rings is 1. The third kappa shape index (κ3) is 4.70. The van der Waals surface area contributed by atoms with Gasteiger partial charge in [-0.3, -0.25) is 4.90 Å². The summed E-state index contributed by atoms with van der Waals surface area (Å²) >= 11 is 0. The Labute approximate surface area is 187 Å². The van der Waals surface area contributed by atoms with E-state index in [-0.39, 0.29) is 6.03 Å². The molecule has 4 rings (SSSR count). The number of ether oxygens (including phenoxy) is 2. The molecular formula is C24H28N4O4. The van der Waals surface area contributed by atoms with Crippen LogP contribution >= 0.6 is 0 Å². The quantitative estimate of drug-likeness (QED) is 0.677. The minimum atomic E-state index is -0.619. The maximum absolute atomic E-state index is 12.8. The first-order valence-electron chi connectivity index (χ1n) is 10.6. The van der Waals surface area contributed by atoms with Crippen LogP contribution in [0.5, 0.6) is 5.75 Å². The summed E-state index contributed by atoms with van der Waals surface area (Å²) in [6.07, 6.45) is 0. The van der Waals surface area contributed by atoms with Gasteiger partial charge in [-0.1, -0.05) is 30.3 Å². The second kappa shape index (κ2) is 9.74. The predicted molar refractivity (Wildman–Crippen MR) is 122 cm³/mol. The summed E-state index contributed by atoms with van der Waals surface area (Å²) in [5.41, 5.74) is 2.94. The maximum Gasteiger partial charge on any atom is 0.338 e. The number of nitrogens with zero attached hydrogens (tertiary/aromatic N) is 2. The zero-order chi connectivity index (χ0) is 22.5.